The van der Waals surface area contributed by atoms with Gasteiger partial charge in [0.1, 0.15) is 0 Å². The van der Waals surface area contributed by atoms with Gasteiger partial charge in [0.25, 0.3) is 0 Å². The number of nitrogens with two attached hydrogens (primary N) is 1. The van der Waals surface area contributed by atoms with Crippen LogP contribution in [0.2, 0.25) is 0 Å². The molecule has 0 aliphatic rings. The Morgan fingerprint density at radius 2 is 1.90 bits per heavy atom. The first-order valence-electron chi connectivity index (χ1n) is 3.58. The molecule has 1 rings (SSSR count). The van der Waals surface area contributed by atoms with Gasteiger partial charge in [0.2, 0.25) is 0 Å². The van der Waals surface area contributed by atoms with E-state index < -0.39 is 0 Å². The molecular weight excluding hydrogens is 124 g/mol. The molecular formula is C9H13N. The lowest BCUT2D eigenvalue weighted by Crippen LogP contribution is -2.17. The number of benzene rings is 1. The van der Waals surface area contributed by atoms with Crippen LogP contribution < -0.4 is 5.73 Å². The smallest absolute Gasteiger partial charge is 0.00509 e. The maximum absolute atomic E-state index is 5.62. The van der Waals surface area contributed by atoms with Crippen molar-refractivity contribution < 1.29 is 0 Å². The van der Waals surface area contributed by atoms with Gasteiger partial charge in [-0.3, -0.25) is 0 Å². The molecule has 10 heavy (non-hydrogen) atoms. The highest BCUT2D eigenvalue weighted by molar-refractivity contribution is 5.15. The molecule has 1 aromatic carbocycles. The zero-order valence-corrected chi connectivity index (χ0v) is 6.25. The second kappa shape index (κ2) is 3.37. The largest absolute Gasteiger partial charge is 0.328 e. The van der Waals surface area contributed by atoms with Crippen molar-refractivity contribution in [1.29, 1.82) is 0 Å². The highest BCUT2D eigenvalue weighted by atomic mass is 15.4. The van der Waals surface area contributed by atoms with Gasteiger partial charge in [-0.15, -0.1) is 0 Å². The van der Waals surface area contributed by atoms with E-state index in [1.807, 2.05) is 25.1 Å². The van der Waals surface area contributed by atoms with E-state index in [1.54, 1.807) is 0 Å². The molecule has 1 unspecified atom stereocenters. The maximum Gasteiger partial charge on any atom is 0.00509 e. The van der Waals surface area contributed by atoms with Crippen LogP contribution in [0, 0.1) is 0 Å². The molecule has 54 valence electrons. The normalized spacial score (nSPS) is 13.0. The molecule has 0 aliphatic carbocycles. The van der Waals surface area contributed by atoms with Gasteiger partial charge in [0.05, 0.1) is 0 Å². The molecule has 2 N–H and O–H groups in total. The SMILES string of the molecule is [13CH3]C([15NH2])Cc1ccccc1. The molecule has 0 aromatic heterocycles. The van der Waals surface area contributed by atoms with Crippen LogP contribution in [-0.4, -0.2) is 6.04 Å². The minimum Gasteiger partial charge on any atom is -0.328 e. The van der Waals surface area contributed by atoms with Crippen LogP contribution in [0.4, 0.5) is 0 Å². The molecule has 1 nitrogen and oxygen atoms in total. The minimum absolute atomic E-state index is 0.266. The highest BCUT2D eigenvalue weighted by Crippen LogP contribution is 2.00. The standard InChI is InChI=1S/C9H13N/c1-8(10)7-9-5-3-2-4-6-9/h2-6,8H,7,10H2,1H3/i1+1,10+1. The van der Waals surface area contributed by atoms with Crippen molar-refractivity contribution in [3.63, 3.8) is 0 Å². The zero-order valence-electron chi connectivity index (χ0n) is 6.25. The van der Waals surface area contributed by atoms with Crippen molar-refractivity contribution in [1.82, 2.24) is 0 Å². The van der Waals surface area contributed by atoms with E-state index in [2.05, 4.69) is 12.1 Å². The predicted molar refractivity (Wildman–Crippen MR) is 43.8 cm³/mol. The Bertz CT molecular complexity index is 179. The summed E-state index contributed by atoms with van der Waals surface area (Å²) < 4.78 is 0. The Kier molecular flexibility index (Phi) is 2.46. The van der Waals surface area contributed by atoms with Gasteiger partial charge < -0.3 is 5.73 Å². The van der Waals surface area contributed by atoms with E-state index in [0.29, 0.717) is 0 Å². The summed E-state index contributed by atoms with van der Waals surface area (Å²) in [5.41, 5.74) is 6.94. The lowest BCUT2D eigenvalue weighted by atomic mass is 10.1. The Hall–Kier alpha value is -0.820. The third kappa shape index (κ3) is 2.19. The Labute approximate surface area is 61.9 Å². The van der Waals surface area contributed by atoms with Crippen molar-refractivity contribution in [2.24, 2.45) is 5.73 Å². The third-order valence-corrected chi connectivity index (χ3v) is 1.40. The van der Waals surface area contributed by atoms with Crippen LogP contribution in [0.1, 0.15) is 12.5 Å². The second-order valence-corrected chi connectivity index (χ2v) is 2.67. The molecule has 1 heteroatoms. The van der Waals surface area contributed by atoms with E-state index in [1.165, 1.54) is 5.56 Å². The lowest BCUT2D eigenvalue weighted by Gasteiger charge is -2.02. The van der Waals surface area contributed by atoms with Crippen molar-refractivity contribution in [3.8, 4) is 0 Å². The molecule has 0 spiro atoms. The van der Waals surface area contributed by atoms with Gasteiger partial charge in [-0.2, -0.15) is 0 Å². The van der Waals surface area contributed by atoms with E-state index in [4.69, 9.17) is 5.73 Å². The molecule has 0 radical (unpaired) electrons. The van der Waals surface area contributed by atoms with Crippen LogP contribution in [0.25, 0.3) is 0 Å². The van der Waals surface area contributed by atoms with Gasteiger partial charge in [-0.25, -0.2) is 0 Å². The molecule has 0 aliphatic heterocycles. The topological polar surface area (TPSA) is 26.0 Å². The first kappa shape index (κ1) is 7.29. The summed E-state index contributed by atoms with van der Waals surface area (Å²) in [4.78, 5) is 0. The van der Waals surface area contributed by atoms with Crippen molar-refractivity contribution >= 4 is 0 Å². The van der Waals surface area contributed by atoms with Crippen LogP contribution >= 0.6 is 0 Å². The molecule has 0 fully saturated rings. The number of hydrogen-bond acceptors (Lipinski definition) is 1. The summed E-state index contributed by atoms with van der Waals surface area (Å²) in [5, 5.41) is 0. The Morgan fingerprint density at radius 3 is 2.40 bits per heavy atom. The summed E-state index contributed by atoms with van der Waals surface area (Å²) in [6.45, 7) is 2.02. The highest BCUT2D eigenvalue weighted by Gasteiger charge is 1.94. The Morgan fingerprint density at radius 1 is 1.30 bits per heavy atom. The molecule has 0 saturated carbocycles. The van der Waals surface area contributed by atoms with E-state index >= 15 is 0 Å². The van der Waals surface area contributed by atoms with E-state index in [0.717, 1.165) is 6.42 Å². The van der Waals surface area contributed by atoms with Gasteiger partial charge >= 0.3 is 0 Å². The van der Waals surface area contributed by atoms with Crippen LogP contribution in [-0.2, 0) is 6.42 Å². The predicted octanol–water partition coefficient (Wildman–Crippen LogP) is 1.58. The monoisotopic (exact) mass is 137 g/mol. The summed E-state index contributed by atoms with van der Waals surface area (Å²) in [6, 6.07) is 10.6. The van der Waals surface area contributed by atoms with Gasteiger partial charge in [0, 0.05) is 6.04 Å². The van der Waals surface area contributed by atoms with Gasteiger partial charge in [-0.05, 0) is 18.9 Å². The van der Waals surface area contributed by atoms with Crippen LogP contribution in [0.3, 0.4) is 0 Å². The average molecular weight is 137 g/mol. The molecule has 0 amide bonds. The quantitative estimate of drug-likeness (QED) is 0.486. The van der Waals surface area contributed by atoms with E-state index in [-0.39, 0.29) is 6.04 Å². The number of hydrogen-bond donors (Lipinski definition) is 1. The number of rotatable bonds is 2. The van der Waals surface area contributed by atoms with Gasteiger partial charge in [-0.1, -0.05) is 30.3 Å². The van der Waals surface area contributed by atoms with Crippen LogP contribution in [0.15, 0.2) is 30.3 Å². The fourth-order valence-corrected chi connectivity index (χ4v) is 0.986. The fourth-order valence-electron chi connectivity index (χ4n) is 0.986. The third-order valence-electron chi connectivity index (χ3n) is 1.40. The van der Waals surface area contributed by atoms with Crippen molar-refractivity contribution in [2.75, 3.05) is 0 Å². The zero-order chi connectivity index (χ0) is 7.40. The maximum atomic E-state index is 5.62. The first-order chi connectivity index (χ1) is 4.79. The van der Waals surface area contributed by atoms with Crippen LogP contribution in [0.5, 0.6) is 0 Å². The second-order valence-electron chi connectivity index (χ2n) is 2.67. The first-order valence-corrected chi connectivity index (χ1v) is 3.58. The molecule has 0 saturated heterocycles. The van der Waals surface area contributed by atoms with Crippen molar-refractivity contribution in [3.05, 3.63) is 35.9 Å². The van der Waals surface area contributed by atoms with Crippen molar-refractivity contribution in [2.45, 2.75) is 19.4 Å². The fraction of sp³-hybridized carbons (Fsp3) is 0.333. The minimum atomic E-state index is 0.266. The van der Waals surface area contributed by atoms with E-state index in [9.17, 15) is 0 Å². The molecule has 0 bridgehead atoms. The lowest BCUT2D eigenvalue weighted by molar-refractivity contribution is 0.738. The molecule has 1 atom stereocenters. The van der Waals surface area contributed by atoms with Gasteiger partial charge in [0.15, 0.2) is 0 Å². The molecule has 0 heterocycles. The summed E-state index contributed by atoms with van der Waals surface area (Å²) in [5.74, 6) is 0. The molecule has 1 aromatic rings. The summed E-state index contributed by atoms with van der Waals surface area (Å²) in [7, 11) is 0. The summed E-state index contributed by atoms with van der Waals surface area (Å²) in [6.07, 6.45) is 0.973. The Balaban J connectivity index is 2.59. The average Bonchev–Trinajstić information content (AvgIpc) is 1.88. The summed E-state index contributed by atoms with van der Waals surface area (Å²) >= 11 is 0.